The van der Waals surface area contributed by atoms with Crippen molar-refractivity contribution in [3.05, 3.63) is 29.8 Å². The van der Waals surface area contributed by atoms with Crippen LogP contribution in [0.3, 0.4) is 0 Å². The molecule has 4 heteroatoms. The minimum Gasteiger partial charge on any atom is -0.389 e. The summed E-state index contributed by atoms with van der Waals surface area (Å²) in [5.74, 6) is 0. The Morgan fingerprint density at radius 1 is 1.19 bits per heavy atom. The van der Waals surface area contributed by atoms with Crippen LogP contribution in [0.25, 0.3) is 11.3 Å². The molecule has 1 heterocycles. The van der Waals surface area contributed by atoms with Crippen molar-refractivity contribution in [1.29, 1.82) is 0 Å². The van der Waals surface area contributed by atoms with Gasteiger partial charge in [0.2, 0.25) is 0 Å². The molecule has 0 atom stereocenters. The van der Waals surface area contributed by atoms with E-state index in [1.807, 2.05) is 0 Å². The molecule has 1 aromatic heterocycles. The SMILES string of the molecule is CCCc1ccc(-c2nc(N)sc2N)cc1. The highest BCUT2D eigenvalue weighted by Crippen LogP contribution is 2.31. The highest BCUT2D eigenvalue weighted by atomic mass is 32.1. The molecule has 4 N–H and O–H groups in total. The van der Waals surface area contributed by atoms with Crippen LogP contribution in [0.4, 0.5) is 10.1 Å². The maximum atomic E-state index is 5.85. The van der Waals surface area contributed by atoms with Crippen LogP contribution in [-0.2, 0) is 6.42 Å². The average Bonchev–Trinajstić information content (AvgIpc) is 2.59. The topological polar surface area (TPSA) is 64.9 Å². The van der Waals surface area contributed by atoms with Crippen LogP contribution in [0.5, 0.6) is 0 Å². The van der Waals surface area contributed by atoms with Crippen molar-refractivity contribution in [3.8, 4) is 11.3 Å². The molecule has 0 aliphatic heterocycles. The summed E-state index contributed by atoms with van der Waals surface area (Å²) in [6, 6.07) is 8.34. The molecule has 0 aliphatic rings. The van der Waals surface area contributed by atoms with E-state index in [-0.39, 0.29) is 0 Å². The molecule has 0 fully saturated rings. The molecule has 0 amide bonds. The lowest BCUT2D eigenvalue weighted by molar-refractivity contribution is 0.922. The lowest BCUT2D eigenvalue weighted by Gasteiger charge is -2.01. The van der Waals surface area contributed by atoms with E-state index in [4.69, 9.17) is 11.5 Å². The number of thiazole rings is 1. The number of aromatic nitrogens is 1. The zero-order chi connectivity index (χ0) is 11.5. The summed E-state index contributed by atoms with van der Waals surface area (Å²) in [6.07, 6.45) is 2.26. The molecule has 2 rings (SSSR count). The van der Waals surface area contributed by atoms with Crippen LogP contribution >= 0.6 is 11.3 Å². The van der Waals surface area contributed by atoms with E-state index in [0.29, 0.717) is 10.1 Å². The molecular weight excluding hydrogens is 218 g/mol. The molecule has 0 unspecified atom stereocenters. The summed E-state index contributed by atoms with van der Waals surface area (Å²) in [4.78, 5) is 4.23. The van der Waals surface area contributed by atoms with E-state index >= 15 is 0 Å². The Hall–Kier alpha value is -1.55. The first-order chi connectivity index (χ1) is 7.70. The lowest BCUT2D eigenvalue weighted by atomic mass is 10.1. The van der Waals surface area contributed by atoms with Gasteiger partial charge in [-0.15, -0.1) is 0 Å². The minimum absolute atomic E-state index is 0.519. The number of benzene rings is 1. The number of nitrogens with zero attached hydrogens (tertiary/aromatic N) is 1. The highest BCUT2D eigenvalue weighted by molar-refractivity contribution is 7.19. The van der Waals surface area contributed by atoms with Gasteiger partial charge < -0.3 is 11.5 Å². The van der Waals surface area contributed by atoms with Crippen molar-refractivity contribution in [2.75, 3.05) is 11.5 Å². The Bertz CT molecular complexity index is 474. The molecule has 0 bridgehead atoms. The molecule has 2 aromatic rings. The van der Waals surface area contributed by atoms with Crippen molar-refractivity contribution in [2.45, 2.75) is 19.8 Å². The summed E-state index contributed by atoms with van der Waals surface area (Å²) >= 11 is 1.32. The smallest absolute Gasteiger partial charge is 0.182 e. The second-order valence-electron chi connectivity index (χ2n) is 3.71. The predicted octanol–water partition coefficient (Wildman–Crippen LogP) is 2.93. The van der Waals surface area contributed by atoms with Crippen LogP contribution in [-0.4, -0.2) is 4.98 Å². The van der Waals surface area contributed by atoms with Gasteiger partial charge in [-0.2, -0.15) is 0 Å². The Morgan fingerprint density at radius 3 is 2.38 bits per heavy atom. The Balaban J connectivity index is 2.31. The summed E-state index contributed by atoms with van der Waals surface area (Å²) in [6.45, 7) is 2.17. The number of rotatable bonds is 3. The molecule has 0 aliphatic carbocycles. The van der Waals surface area contributed by atoms with Gasteiger partial charge in [-0.25, -0.2) is 4.98 Å². The summed E-state index contributed by atoms with van der Waals surface area (Å²) in [5, 5.41) is 1.20. The first-order valence-electron chi connectivity index (χ1n) is 5.31. The Kier molecular flexibility index (Phi) is 3.10. The van der Waals surface area contributed by atoms with E-state index in [9.17, 15) is 0 Å². The fourth-order valence-corrected chi connectivity index (χ4v) is 2.30. The zero-order valence-corrected chi connectivity index (χ0v) is 10.1. The van der Waals surface area contributed by atoms with Crippen molar-refractivity contribution < 1.29 is 0 Å². The third-order valence-corrected chi connectivity index (χ3v) is 3.15. The summed E-state index contributed by atoms with van der Waals surface area (Å²) in [7, 11) is 0. The van der Waals surface area contributed by atoms with Crippen molar-refractivity contribution in [3.63, 3.8) is 0 Å². The van der Waals surface area contributed by atoms with Gasteiger partial charge >= 0.3 is 0 Å². The molecule has 84 valence electrons. The molecule has 0 saturated carbocycles. The van der Waals surface area contributed by atoms with Crippen LogP contribution in [0.15, 0.2) is 24.3 Å². The molecule has 0 radical (unpaired) electrons. The summed E-state index contributed by atoms with van der Waals surface area (Å²) in [5.41, 5.74) is 14.6. The van der Waals surface area contributed by atoms with Gasteiger partial charge in [0.15, 0.2) is 5.13 Å². The van der Waals surface area contributed by atoms with Gasteiger partial charge in [0, 0.05) is 5.56 Å². The Morgan fingerprint density at radius 2 is 1.88 bits per heavy atom. The molecule has 0 spiro atoms. The summed E-state index contributed by atoms with van der Waals surface area (Å²) < 4.78 is 0. The second-order valence-corrected chi connectivity index (χ2v) is 4.77. The lowest BCUT2D eigenvalue weighted by Crippen LogP contribution is -1.88. The first kappa shape index (κ1) is 11.0. The predicted molar refractivity (Wildman–Crippen MR) is 70.4 cm³/mol. The van der Waals surface area contributed by atoms with Gasteiger partial charge in [0.25, 0.3) is 0 Å². The third-order valence-electron chi connectivity index (χ3n) is 2.44. The monoisotopic (exact) mass is 233 g/mol. The second kappa shape index (κ2) is 4.53. The van der Waals surface area contributed by atoms with Gasteiger partial charge in [-0.05, 0) is 12.0 Å². The number of hydrogen-bond donors (Lipinski definition) is 2. The van der Waals surface area contributed by atoms with Crippen molar-refractivity contribution >= 4 is 21.5 Å². The number of nitrogens with two attached hydrogens (primary N) is 2. The standard InChI is InChI=1S/C12H15N3S/c1-2-3-8-4-6-9(7-5-8)10-11(13)16-12(14)15-10/h4-7H,2-3,13H2,1H3,(H2,14,15). The van der Waals surface area contributed by atoms with E-state index in [2.05, 4.69) is 36.2 Å². The van der Waals surface area contributed by atoms with Crippen LogP contribution in [0.2, 0.25) is 0 Å². The third kappa shape index (κ3) is 2.17. The normalized spacial score (nSPS) is 10.6. The molecule has 16 heavy (non-hydrogen) atoms. The van der Waals surface area contributed by atoms with E-state index < -0.39 is 0 Å². The molecular formula is C12H15N3S. The van der Waals surface area contributed by atoms with Crippen LogP contribution < -0.4 is 11.5 Å². The van der Waals surface area contributed by atoms with E-state index in [1.165, 1.54) is 16.9 Å². The largest absolute Gasteiger partial charge is 0.389 e. The van der Waals surface area contributed by atoms with Crippen molar-refractivity contribution in [1.82, 2.24) is 4.98 Å². The van der Waals surface area contributed by atoms with Gasteiger partial charge in [-0.1, -0.05) is 48.9 Å². The fraction of sp³-hybridized carbons (Fsp3) is 0.250. The van der Waals surface area contributed by atoms with Gasteiger partial charge in [-0.3, -0.25) is 0 Å². The minimum atomic E-state index is 0.519. The maximum Gasteiger partial charge on any atom is 0.182 e. The number of aryl methyl sites for hydroxylation is 1. The average molecular weight is 233 g/mol. The quantitative estimate of drug-likeness (QED) is 0.856. The first-order valence-corrected chi connectivity index (χ1v) is 6.13. The molecule has 0 saturated heterocycles. The maximum absolute atomic E-state index is 5.85. The number of hydrogen-bond acceptors (Lipinski definition) is 4. The molecule has 3 nitrogen and oxygen atoms in total. The molecule has 1 aromatic carbocycles. The van der Waals surface area contributed by atoms with Crippen molar-refractivity contribution in [2.24, 2.45) is 0 Å². The zero-order valence-electron chi connectivity index (χ0n) is 9.23. The number of nitrogen functional groups attached to an aromatic ring is 2. The Labute approximate surface area is 99.1 Å². The highest BCUT2D eigenvalue weighted by Gasteiger charge is 2.08. The van der Waals surface area contributed by atoms with E-state index in [1.54, 1.807) is 0 Å². The van der Waals surface area contributed by atoms with E-state index in [0.717, 1.165) is 24.1 Å². The van der Waals surface area contributed by atoms with Gasteiger partial charge in [0.05, 0.1) is 0 Å². The van der Waals surface area contributed by atoms with Gasteiger partial charge in [0.1, 0.15) is 10.7 Å². The van der Waals surface area contributed by atoms with Crippen LogP contribution in [0.1, 0.15) is 18.9 Å². The van der Waals surface area contributed by atoms with Crippen LogP contribution in [0, 0.1) is 0 Å². The fourth-order valence-electron chi connectivity index (χ4n) is 1.67. The number of anilines is 2.